The summed E-state index contributed by atoms with van der Waals surface area (Å²) in [4.78, 5) is 9.22. The predicted molar refractivity (Wildman–Crippen MR) is 56.7 cm³/mol. The van der Waals surface area contributed by atoms with Gasteiger partial charge in [0, 0.05) is 31.9 Å². The van der Waals surface area contributed by atoms with Crippen molar-refractivity contribution < 1.29 is 13.2 Å². The molecule has 0 radical (unpaired) electrons. The molecule has 1 unspecified atom stereocenters. The molecule has 94 valence electrons. The lowest BCUT2D eigenvalue weighted by molar-refractivity contribution is -0.141. The molecule has 1 aromatic heterocycles. The van der Waals surface area contributed by atoms with Crippen LogP contribution < -0.4 is 10.2 Å². The zero-order chi connectivity index (χ0) is 12.5. The molecule has 0 spiro atoms. The van der Waals surface area contributed by atoms with Gasteiger partial charge in [-0.1, -0.05) is 0 Å². The summed E-state index contributed by atoms with van der Waals surface area (Å²) in [6.45, 7) is 3.92. The van der Waals surface area contributed by atoms with Gasteiger partial charge < -0.3 is 10.2 Å². The van der Waals surface area contributed by atoms with E-state index in [0.717, 1.165) is 18.8 Å². The van der Waals surface area contributed by atoms with Crippen LogP contribution in [-0.2, 0) is 6.18 Å². The number of alkyl halides is 3. The van der Waals surface area contributed by atoms with E-state index in [1.807, 2.05) is 6.92 Å². The summed E-state index contributed by atoms with van der Waals surface area (Å²) in [6, 6.07) is 1.11. The Hall–Kier alpha value is -1.37. The standard InChI is InChI=1S/C10H13F3N4/c1-7-6-17(5-4-14-7)9-15-3-2-8(16-9)10(11,12)13/h2-3,7,14H,4-6H2,1H3. The summed E-state index contributed by atoms with van der Waals surface area (Å²) in [5, 5.41) is 3.21. The maximum Gasteiger partial charge on any atom is 0.433 e. The summed E-state index contributed by atoms with van der Waals surface area (Å²) in [7, 11) is 0. The molecule has 17 heavy (non-hydrogen) atoms. The van der Waals surface area contributed by atoms with Crippen LogP contribution in [0.25, 0.3) is 0 Å². The van der Waals surface area contributed by atoms with Crippen molar-refractivity contribution in [2.24, 2.45) is 0 Å². The molecule has 0 aliphatic carbocycles. The molecule has 2 rings (SSSR count). The van der Waals surface area contributed by atoms with Crippen molar-refractivity contribution in [1.82, 2.24) is 15.3 Å². The van der Waals surface area contributed by atoms with Crippen LogP contribution in [0, 0.1) is 0 Å². The Kier molecular flexibility index (Phi) is 3.19. The summed E-state index contributed by atoms with van der Waals surface area (Å²) in [5.41, 5.74) is -0.895. The van der Waals surface area contributed by atoms with Gasteiger partial charge >= 0.3 is 6.18 Å². The molecule has 1 aliphatic rings. The van der Waals surface area contributed by atoms with E-state index >= 15 is 0 Å². The van der Waals surface area contributed by atoms with Gasteiger partial charge in [0.05, 0.1) is 0 Å². The fraction of sp³-hybridized carbons (Fsp3) is 0.600. The van der Waals surface area contributed by atoms with Gasteiger partial charge in [-0.25, -0.2) is 9.97 Å². The molecule has 4 nitrogen and oxygen atoms in total. The first kappa shape index (κ1) is 12.1. The molecule has 1 saturated heterocycles. The summed E-state index contributed by atoms with van der Waals surface area (Å²) >= 11 is 0. The quantitative estimate of drug-likeness (QED) is 0.810. The SMILES string of the molecule is CC1CN(c2nccc(C(F)(F)F)n2)CCN1. The minimum atomic E-state index is -4.42. The van der Waals surface area contributed by atoms with Crippen molar-refractivity contribution in [2.45, 2.75) is 19.1 Å². The van der Waals surface area contributed by atoms with Crippen molar-refractivity contribution >= 4 is 5.95 Å². The van der Waals surface area contributed by atoms with Crippen LogP contribution in [-0.4, -0.2) is 35.6 Å². The van der Waals surface area contributed by atoms with Gasteiger partial charge in [0.2, 0.25) is 5.95 Å². The highest BCUT2D eigenvalue weighted by Crippen LogP contribution is 2.28. The zero-order valence-electron chi connectivity index (χ0n) is 9.33. The Labute approximate surface area is 96.9 Å². The average Bonchev–Trinajstić information content (AvgIpc) is 2.28. The Morgan fingerprint density at radius 1 is 1.47 bits per heavy atom. The maximum absolute atomic E-state index is 12.5. The molecular weight excluding hydrogens is 233 g/mol. The first-order valence-electron chi connectivity index (χ1n) is 5.35. The van der Waals surface area contributed by atoms with Crippen molar-refractivity contribution in [2.75, 3.05) is 24.5 Å². The fourth-order valence-corrected chi connectivity index (χ4v) is 1.77. The second-order valence-electron chi connectivity index (χ2n) is 4.04. The second kappa shape index (κ2) is 4.48. The number of anilines is 1. The van der Waals surface area contributed by atoms with Crippen LogP contribution in [0.15, 0.2) is 12.3 Å². The molecule has 0 saturated carbocycles. The molecule has 0 amide bonds. The van der Waals surface area contributed by atoms with Crippen molar-refractivity contribution in [3.63, 3.8) is 0 Å². The first-order chi connectivity index (χ1) is 7.97. The largest absolute Gasteiger partial charge is 0.433 e. The molecular formula is C10H13F3N4. The van der Waals surface area contributed by atoms with Crippen molar-refractivity contribution in [1.29, 1.82) is 0 Å². The lowest BCUT2D eigenvalue weighted by Crippen LogP contribution is -2.49. The number of nitrogens with zero attached hydrogens (tertiary/aromatic N) is 3. The molecule has 2 heterocycles. The van der Waals surface area contributed by atoms with E-state index in [4.69, 9.17) is 0 Å². The Morgan fingerprint density at radius 2 is 2.24 bits per heavy atom. The first-order valence-corrected chi connectivity index (χ1v) is 5.35. The van der Waals surface area contributed by atoms with E-state index in [9.17, 15) is 13.2 Å². The normalized spacial score (nSPS) is 21.6. The lowest BCUT2D eigenvalue weighted by atomic mass is 10.2. The number of hydrogen-bond acceptors (Lipinski definition) is 4. The number of aromatic nitrogens is 2. The summed E-state index contributed by atoms with van der Waals surface area (Å²) in [6.07, 6.45) is -3.27. The Balaban J connectivity index is 2.21. The van der Waals surface area contributed by atoms with Crippen LogP contribution in [0.1, 0.15) is 12.6 Å². The fourth-order valence-electron chi connectivity index (χ4n) is 1.77. The van der Waals surface area contributed by atoms with Gasteiger partial charge in [0.1, 0.15) is 5.69 Å². The average molecular weight is 246 g/mol. The smallest absolute Gasteiger partial charge is 0.338 e. The molecule has 0 bridgehead atoms. The molecule has 1 fully saturated rings. The molecule has 1 atom stereocenters. The van der Waals surface area contributed by atoms with E-state index in [1.54, 1.807) is 4.90 Å². The molecule has 7 heteroatoms. The monoisotopic (exact) mass is 246 g/mol. The minimum absolute atomic E-state index is 0.146. The highest BCUT2D eigenvalue weighted by molar-refractivity contribution is 5.32. The maximum atomic E-state index is 12.5. The Bertz CT molecular complexity index is 393. The highest BCUT2D eigenvalue weighted by atomic mass is 19.4. The summed E-state index contributed by atoms with van der Waals surface area (Å²) < 4.78 is 37.5. The number of piperazine rings is 1. The number of hydrogen-bond donors (Lipinski definition) is 1. The molecule has 1 aromatic rings. The van der Waals surface area contributed by atoms with Crippen molar-refractivity contribution in [3.05, 3.63) is 18.0 Å². The van der Waals surface area contributed by atoms with Crippen LogP contribution >= 0.6 is 0 Å². The van der Waals surface area contributed by atoms with Gasteiger partial charge in [-0.2, -0.15) is 13.2 Å². The summed E-state index contributed by atoms with van der Waals surface area (Å²) in [5.74, 6) is 0.146. The molecule has 1 aliphatic heterocycles. The third-order valence-corrected chi connectivity index (χ3v) is 2.58. The van der Waals surface area contributed by atoms with E-state index in [1.165, 1.54) is 0 Å². The van der Waals surface area contributed by atoms with Gasteiger partial charge in [0.25, 0.3) is 0 Å². The van der Waals surface area contributed by atoms with Gasteiger partial charge in [-0.05, 0) is 13.0 Å². The van der Waals surface area contributed by atoms with Crippen LogP contribution in [0.5, 0.6) is 0 Å². The second-order valence-corrected chi connectivity index (χ2v) is 4.04. The molecule has 1 N–H and O–H groups in total. The van der Waals surface area contributed by atoms with E-state index < -0.39 is 11.9 Å². The van der Waals surface area contributed by atoms with Gasteiger partial charge in [-0.3, -0.25) is 0 Å². The third-order valence-electron chi connectivity index (χ3n) is 2.58. The van der Waals surface area contributed by atoms with Gasteiger partial charge in [0.15, 0.2) is 0 Å². The Morgan fingerprint density at radius 3 is 2.88 bits per heavy atom. The third kappa shape index (κ3) is 2.85. The number of rotatable bonds is 1. The molecule has 0 aromatic carbocycles. The topological polar surface area (TPSA) is 41.1 Å². The van der Waals surface area contributed by atoms with Gasteiger partial charge in [-0.15, -0.1) is 0 Å². The van der Waals surface area contributed by atoms with E-state index in [0.29, 0.717) is 13.1 Å². The van der Waals surface area contributed by atoms with E-state index in [2.05, 4.69) is 15.3 Å². The number of halogens is 3. The predicted octanol–water partition coefficient (Wildman–Crippen LogP) is 1.29. The van der Waals surface area contributed by atoms with Crippen LogP contribution in [0.4, 0.5) is 19.1 Å². The van der Waals surface area contributed by atoms with Crippen LogP contribution in [0.2, 0.25) is 0 Å². The zero-order valence-corrected chi connectivity index (χ0v) is 9.33. The van der Waals surface area contributed by atoms with Crippen molar-refractivity contribution in [3.8, 4) is 0 Å². The highest BCUT2D eigenvalue weighted by Gasteiger charge is 2.33. The minimum Gasteiger partial charge on any atom is -0.338 e. The lowest BCUT2D eigenvalue weighted by Gasteiger charge is -2.31. The van der Waals surface area contributed by atoms with E-state index in [-0.39, 0.29) is 12.0 Å². The van der Waals surface area contributed by atoms with Crippen LogP contribution in [0.3, 0.4) is 0 Å². The number of nitrogens with one attached hydrogen (secondary N) is 1.